The maximum atomic E-state index is 4.32. The summed E-state index contributed by atoms with van der Waals surface area (Å²) in [6.07, 6.45) is 10.8. The fourth-order valence-corrected chi connectivity index (χ4v) is 3.17. The molecule has 0 spiro atoms. The van der Waals surface area contributed by atoms with Crippen molar-refractivity contribution in [3.8, 4) is 0 Å². The molecular formula is C17H29N3. The number of hydrogen-bond acceptors (Lipinski definition) is 3. The van der Waals surface area contributed by atoms with Crippen molar-refractivity contribution < 1.29 is 0 Å². The van der Waals surface area contributed by atoms with Crippen molar-refractivity contribution in [3.05, 3.63) is 24.0 Å². The lowest BCUT2D eigenvalue weighted by Crippen LogP contribution is -2.37. The Balaban J connectivity index is 2.15. The minimum Gasteiger partial charge on any atom is -0.368 e. The maximum absolute atomic E-state index is 4.32. The van der Waals surface area contributed by atoms with E-state index >= 15 is 0 Å². The zero-order chi connectivity index (χ0) is 14.4. The normalized spacial score (nSPS) is 16.6. The summed E-state index contributed by atoms with van der Waals surface area (Å²) in [5.41, 5.74) is 2.70. The van der Waals surface area contributed by atoms with Gasteiger partial charge >= 0.3 is 0 Å². The van der Waals surface area contributed by atoms with Gasteiger partial charge in [0.05, 0.1) is 0 Å². The minimum absolute atomic E-state index is 0.507. The molecule has 0 bridgehead atoms. The monoisotopic (exact) mass is 275 g/mol. The van der Waals surface area contributed by atoms with Gasteiger partial charge in [0.25, 0.3) is 0 Å². The van der Waals surface area contributed by atoms with Gasteiger partial charge in [0.2, 0.25) is 0 Å². The Kier molecular flexibility index (Phi) is 5.84. The van der Waals surface area contributed by atoms with Gasteiger partial charge in [-0.2, -0.15) is 0 Å². The van der Waals surface area contributed by atoms with Gasteiger partial charge in [-0.3, -0.25) is 4.98 Å². The van der Waals surface area contributed by atoms with E-state index in [0.717, 1.165) is 13.1 Å². The first-order valence-electron chi connectivity index (χ1n) is 8.15. The van der Waals surface area contributed by atoms with Crippen LogP contribution in [-0.2, 0) is 6.54 Å². The maximum Gasteiger partial charge on any atom is 0.0445 e. The van der Waals surface area contributed by atoms with Gasteiger partial charge in [-0.05, 0) is 25.8 Å². The highest BCUT2D eigenvalue weighted by Crippen LogP contribution is 2.29. The molecule has 1 heterocycles. The van der Waals surface area contributed by atoms with Gasteiger partial charge in [-0.1, -0.05) is 33.1 Å². The molecule has 0 aliphatic heterocycles. The lowest BCUT2D eigenvalue weighted by molar-refractivity contribution is 0.417. The molecule has 112 valence electrons. The van der Waals surface area contributed by atoms with Crippen LogP contribution in [0.1, 0.15) is 58.4 Å². The van der Waals surface area contributed by atoms with Gasteiger partial charge in [0.15, 0.2) is 0 Å². The molecule has 0 unspecified atom stereocenters. The Morgan fingerprint density at radius 2 is 2.05 bits per heavy atom. The number of nitrogens with zero attached hydrogens (tertiary/aromatic N) is 2. The summed E-state index contributed by atoms with van der Waals surface area (Å²) >= 11 is 0. The van der Waals surface area contributed by atoms with Crippen molar-refractivity contribution in [2.24, 2.45) is 0 Å². The number of nitrogens with one attached hydrogen (secondary N) is 1. The number of aromatic nitrogens is 1. The van der Waals surface area contributed by atoms with Crippen LogP contribution in [0, 0.1) is 0 Å². The molecule has 2 rings (SSSR count). The Morgan fingerprint density at radius 1 is 1.30 bits per heavy atom. The molecule has 1 fully saturated rings. The Bertz CT molecular complexity index is 397. The van der Waals surface area contributed by atoms with Crippen molar-refractivity contribution in [2.45, 2.75) is 71.5 Å². The SMILES string of the molecule is CCN(c1ccncc1CNC(C)C)C1CCCCC1. The highest BCUT2D eigenvalue weighted by atomic mass is 15.2. The Hall–Kier alpha value is -1.09. The topological polar surface area (TPSA) is 28.2 Å². The van der Waals surface area contributed by atoms with E-state index < -0.39 is 0 Å². The molecule has 1 aliphatic rings. The lowest BCUT2D eigenvalue weighted by Gasteiger charge is -2.36. The largest absolute Gasteiger partial charge is 0.368 e. The molecule has 1 aromatic rings. The number of anilines is 1. The van der Waals surface area contributed by atoms with Gasteiger partial charge in [0, 0.05) is 48.8 Å². The van der Waals surface area contributed by atoms with Crippen LogP contribution in [0.5, 0.6) is 0 Å². The van der Waals surface area contributed by atoms with E-state index in [1.807, 2.05) is 12.4 Å². The summed E-state index contributed by atoms with van der Waals surface area (Å²) in [5.74, 6) is 0. The van der Waals surface area contributed by atoms with Crippen molar-refractivity contribution in [1.82, 2.24) is 10.3 Å². The molecule has 0 atom stereocenters. The van der Waals surface area contributed by atoms with Crippen molar-refractivity contribution in [2.75, 3.05) is 11.4 Å². The van der Waals surface area contributed by atoms with E-state index in [-0.39, 0.29) is 0 Å². The highest BCUT2D eigenvalue weighted by molar-refractivity contribution is 5.53. The van der Waals surface area contributed by atoms with Crippen molar-refractivity contribution in [3.63, 3.8) is 0 Å². The summed E-state index contributed by atoms with van der Waals surface area (Å²) < 4.78 is 0. The number of rotatable bonds is 6. The third-order valence-electron chi connectivity index (χ3n) is 4.24. The molecule has 0 aromatic carbocycles. The summed E-state index contributed by atoms with van der Waals surface area (Å²) in [6.45, 7) is 8.64. The summed E-state index contributed by atoms with van der Waals surface area (Å²) in [4.78, 5) is 6.91. The molecule has 3 heteroatoms. The summed E-state index contributed by atoms with van der Waals surface area (Å²) in [5, 5.41) is 3.52. The molecule has 0 radical (unpaired) electrons. The summed E-state index contributed by atoms with van der Waals surface area (Å²) in [7, 11) is 0. The third kappa shape index (κ3) is 3.95. The molecule has 1 N–H and O–H groups in total. The standard InChI is InChI=1S/C17H29N3/c1-4-20(16-8-6-5-7-9-16)17-10-11-18-12-15(17)13-19-14(2)3/h10-12,14,16,19H,4-9,13H2,1-3H3. The van der Waals surface area contributed by atoms with Crippen molar-refractivity contribution >= 4 is 5.69 Å². The predicted octanol–water partition coefficient (Wildman–Crippen LogP) is 3.74. The van der Waals surface area contributed by atoms with Gasteiger partial charge in [-0.15, -0.1) is 0 Å². The van der Waals surface area contributed by atoms with Crippen LogP contribution >= 0.6 is 0 Å². The fourth-order valence-electron chi connectivity index (χ4n) is 3.17. The lowest BCUT2D eigenvalue weighted by atomic mass is 9.93. The number of pyridine rings is 1. The van der Waals surface area contributed by atoms with E-state index in [0.29, 0.717) is 12.1 Å². The average molecular weight is 275 g/mol. The van der Waals surface area contributed by atoms with Gasteiger partial charge in [0.1, 0.15) is 0 Å². The van der Waals surface area contributed by atoms with E-state index in [2.05, 4.69) is 42.0 Å². The Morgan fingerprint density at radius 3 is 2.70 bits per heavy atom. The third-order valence-corrected chi connectivity index (χ3v) is 4.24. The number of hydrogen-bond donors (Lipinski definition) is 1. The van der Waals surface area contributed by atoms with E-state index in [4.69, 9.17) is 0 Å². The van der Waals surface area contributed by atoms with E-state index in [1.165, 1.54) is 43.4 Å². The molecule has 0 saturated heterocycles. The van der Waals surface area contributed by atoms with Crippen molar-refractivity contribution in [1.29, 1.82) is 0 Å². The van der Waals surface area contributed by atoms with E-state index in [9.17, 15) is 0 Å². The average Bonchev–Trinajstić information content (AvgIpc) is 2.48. The predicted molar refractivity (Wildman–Crippen MR) is 86.1 cm³/mol. The van der Waals surface area contributed by atoms with Crippen LogP contribution in [0.25, 0.3) is 0 Å². The second-order valence-corrected chi connectivity index (χ2v) is 6.12. The van der Waals surface area contributed by atoms with Gasteiger partial charge in [-0.25, -0.2) is 0 Å². The minimum atomic E-state index is 0.507. The molecule has 1 aromatic heterocycles. The van der Waals surface area contributed by atoms with Crippen LogP contribution in [-0.4, -0.2) is 23.6 Å². The summed E-state index contributed by atoms with van der Waals surface area (Å²) in [6, 6.07) is 3.41. The second-order valence-electron chi connectivity index (χ2n) is 6.12. The fraction of sp³-hybridized carbons (Fsp3) is 0.706. The van der Waals surface area contributed by atoms with Crippen LogP contribution in [0.2, 0.25) is 0 Å². The Labute approximate surface area is 123 Å². The van der Waals surface area contributed by atoms with Crippen LogP contribution in [0.3, 0.4) is 0 Å². The van der Waals surface area contributed by atoms with Crippen LogP contribution < -0.4 is 10.2 Å². The zero-order valence-electron chi connectivity index (χ0n) is 13.2. The van der Waals surface area contributed by atoms with Gasteiger partial charge < -0.3 is 10.2 Å². The molecule has 3 nitrogen and oxygen atoms in total. The zero-order valence-corrected chi connectivity index (χ0v) is 13.2. The quantitative estimate of drug-likeness (QED) is 0.857. The molecule has 1 aliphatic carbocycles. The second kappa shape index (κ2) is 7.63. The highest BCUT2D eigenvalue weighted by Gasteiger charge is 2.21. The first-order chi connectivity index (χ1) is 9.72. The molecule has 1 saturated carbocycles. The van der Waals surface area contributed by atoms with Crippen LogP contribution in [0.4, 0.5) is 5.69 Å². The van der Waals surface area contributed by atoms with E-state index in [1.54, 1.807) is 0 Å². The smallest absolute Gasteiger partial charge is 0.0445 e. The molecular weight excluding hydrogens is 246 g/mol. The molecule has 0 amide bonds. The first-order valence-corrected chi connectivity index (χ1v) is 8.15. The van der Waals surface area contributed by atoms with Crippen LogP contribution in [0.15, 0.2) is 18.5 Å². The molecule has 20 heavy (non-hydrogen) atoms. The first kappa shape index (κ1) is 15.3.